The molecule has 2 unspecified atom stereocenters. The molecule has 210 valence electrons. The van der Waals surface area contributed by atoms with Gasteiger partial charge in [-0.2, -0.15) is 0 Å². The van der Waals surface area contributed by atoms with E-state index in [1.54, 1.807) is 19.9 Å². The van der Waals surface area contributed by atoms with Crippen molar-refractivity contribution in [2.45, 2.75) is 57.6 Å². The third kappa shape index (κ3) is 3.85. The summed E-state index contributed by atoms with van der Waals surface area (Å²) in [6, 6.07) is 3.82. The monoisotopic (exact) mass is 546 g/mol. The number of allylic oxidation sites excluding steroid dienone is 3. The van der Waals surface area contributed by atoms with Crippen LogP contribution in [0.25, 0.3) is 5.57 Å². The molecule has 0 saturated heterocycles. The number of aliphatic hydroxyl groups is 1. The molecule has 9 nitrogen and oxygen atoms in total. The van der Waals surface area contributed by atoms with Crippen LogP contribution in [0.15, 0.2) is 29.9 Å². The number of amides is 1. The lowest BCUT2D eigenvalue weighted by Crippen LogP contribution is -2.71. The lowest BCUT2D eigenvalue weighted by atomic mass is 9.49. The minimum atomic E-state index is -2.68. The zero-order chi connectivity index (χ0) is 28.7. The first-order valence-electron chi connectivity index (χ1n) is 14.1. The van der Waals surface area contributed by atoms with Crippen molar-refractivity contribution >= 4 is 34.6 Å². The quantitative estimate of drug-likeness (QED) is 0.392. The molecule has 0 aromatic heterocycles. The van der Waals surface area contributed by atoms with Crippen molar-refractivity contribution in [2.24, 2.45) is 41.2 Å². The molecule has 0 bridgehead atoms. The van der Waals surface area contributed by atoms with Crippen LogP contribution in [0.4, 0.5) is 0 Å². The predicted octanol–water partition coefficient (Wildman–Crippen LogP) is 1.67. The van der Waals surface area contributed by atoms with Crippen LogP contribution in [0.1, 0.15) is 61.0 Å². The van der Waals surface area contributed by atoms with Gasteiger partial charge in [-0.05, 0) is 66.7 Å². The molecule has 5 aliphatic carbocycles. The van der Waals surface area contributed by atoms with E-state index in [-0.39, 0.29) is 30.1 Å². The molecule has 6 atom stereocenters. The van der Waals surface area contributed by atoms with Crippen molar-refractivity contribution in [3.05, 3.63) is 46.5 Å². The summed E-state index contributed by atoms with van der Waals surface area (Å²) in [4.78, 5) is 66.7. The van der Waals surface area contributed by atoms with Gasteiger partial charge in [0.15, 0.2) is 34.7 Å². The highest BCUT2D eigenvalue weighted by Crippen LogP contribution is 2.53. The fourth-order valence-electron chi connectivity index (χ4n) is 7.61. The van der Waals surface area contributed by atoms with Gasteiger partial charge in [0.25, 0.3) is 0 Å². The highest BCUT2D eigenvalue weighted by molar-refractivity contribution is 6.32. The molecule has 1 aromatic carbocycles. The summed E-state index contributed by atoms with van der Waals surface area (Å²) in [5, 5.41) is 26.0. The van der Waals surface area contributed by atoms with Crippen LogP contribution >= 0.6 is 0 Å². The zero-order valence-corrected chi connectivity index (χ0v) is 22.6. The van der Waals surface area contributed by atoms with Crippen LogP contribution in [0.5, 0.6) is 5.75 Å². The van der Waals surface area contributed by atoms with Crippen molar-refractivity contribution in [3.63, 3.8) is 0 Å². The summed E-state index contributed by atoms with van der Waals surface area (Å²) >= 11 is 0. The minimum absolute atomic E-state index is 0.0331. The van der Waals surface area contributed by atoms with Crippen LogP contribution in [0.2, 0.25) is 0 Å². The van der Waals surface area contributed by atoms with E-state index in [2.05, 4.69) is 11.4 Å². The number of benzene rings is 1. The van der Waals surface area contributed by atoms with Gasteiger partial charge in [0, 0.05) is 24.4 Å². The number of phenolic OH excluding ortho intramolecular Hbond substituents is 1. The summed E-state index contributed by atoms with van der Waals surface area (Å²) in [5.74, 6) is -11.3. The molecular weight excluding hydrogens is 512 g/mol. The summed E-state index contributed by atoms with van der Waals surface area (Å²) in [6.07, 6.45) is 7.53. The predicted molar refractivity (Wildman–Crippen MR) is 144 cm³/mol. The Labute approximate surface area is 231 Å². The Kier molecular flexibility index (Phi) is 6.23. The summed E-state index contributed by atoms with van der Waals surface area (Å²) in [5.41, 5.74) is 6.46. The normalized spacial score (nSPS) is 33.4. The highest BCUT2D eigenvalue weighted by Gasteiger charge is 2.69. The van der Waals surface area contributed by atoms with Crippen LogP contribution in [-0.4, -0.2) is 57.4 Å². The maximum Gasteiger partial charge on any atom is 0.235 e. The van der Waals surface area contributed by atoms with E-state index in [1.807, 2.05) is 6.08 Å². The molecule has 5 aliphatic rings. The smallest absolute Gasteiger partial charge is 0.235 e. The molecule has 3 saturated carbocycles. The Morgan fingerprint density at radius 2 is 1.85 bits per heavy atom. The molecule has 0 heterocycles. The average Bonchev–Trinajstić information content (AvgIpc) is 3.60. The largest absolute Gasteiger partial charge is 0.507 e. The molecule has 40 heavy (non-hydrogen) atoms. The number of phenols is 1. The Balaban J connectivity index is 1.37. The van der Waals surface area contributed by atoms with Crippen molar-refractivity contribution in [2.75, 3.05) is 6.54 Å². The molecule has 3 fully saturated rings. The van der Waals surface area contributed by atoms with Gasteiger partial charge in [-0.1, -0.05) is 37.6 Å². The van der Waals surface area contributed by atoms with Gasteiger partial charge < -0.3 is 21.3 Å². The molecule has 0 aliphatic heterocycles. The lowest BCUT2D eigenvalue weighted by Gasteiger charge is -2.52. The van der Waals surface area contributed by atoms with E-state index in [0.29, 0.717) is 18.0 Å². The summed E-state index contributed by atoms with van der Waals surface area (Å²) in [6.45, 7) is 4.26. The first kappa shape index (κ1) is 26.8. The maximum absolute atomic E-state index is 14.0. The number of nitrogens with one attached hydrogen (secondary N) is 1. The number of rotatable bonds is 6. The Hall–Kier alpha value is -3.43. The molecule has 0 spiro atoms. The number of carbonyl (C=O) groups is 5. The molecule has 5 N–H and O–H groups in total. The Morgan fingerprint density at radius 1 is 1.12 bits per heavy atom. The van der Waals surface area contributed by atoms with Crippen LogP contribution < -0.4 is 11.1 Å². The van der Waals surface area contributed by atoms with Gasteiger partial charge in [0.2, 0.25) is 5.91 Å². The van der Waals surface area contributed by atoms with Gasteiger partial charge in [0.1, 0.15) is 5.75 Å². The third-order valence-electron chi connectivity index (χ3n) is 9.67. The van der Waals surface area contributed by atoms with Gasteiger partial charge in [0.05, 0.1) is 11.5 Å². The van der Waals surface area contributed by atoms with E-state index in [0.717, 1.165) is 17.7 Å². The fraction of sp³-hybridized carbons (Fsp3) is 0.516. The Bertz CT molecular complexity index is 1430. The number of primary amides is 1. The second kappa shape index (κ2) is 9.31. The second-order valence-electron chi connectivity index (χ2n) is 12.5. The topological polar surface area (TPSA) is 164 Å². The van der Waals surface area contributed by atoms with Gasteiger partial charge in [-0.15, -0.1) is 0 Å². The number of nitrogens with two attached hydrogens (primary N) is 1. The van der Waals surface area contributed by atoms with Crippen LogP contribution in [0, 0.1) is 35.5 Å². The lowest BCUT2D eigenvalue weighted by molar-refractivity contribution is -0.182. The summed E-state index contributed by atoms with van der Waals surface area (Å²) in [7, 11) is 0. The van der Waals surface area contributed by atoms with E-state index >= 15 is 0 Å². The van der Waals surface area contributed by atoms with E-state index in [1.165, 1.54) is 24.5 Å². The second-order valence-corrected chi connectivity index (χ2v) is 12.5. The third-order valence-corrected chi connectivity index (χ3v) is 9.67. The minimum Gasteiger partial charge on any atom is -0.507 e. The maximum atomic E-state index is 14.0. The molecule has 6 rings (SSSR count). The number of fused-ring (bicyclic) bond motifs is 3. The number of ketones is 4. The zero-order valence-electron chi connectivity index (χ0n) is 22.6. The van der Waals surface area contributed by atoms with Crippen molar-refractivity contribution in [1.29, 1.82) is 0 Å². The van der Waals surface area contributed by atoms with Crippen molar-refractivity contribution in [1.82, 2.24) is 5.32 Å². The van der Waals surface area contributed by atoms with E-state index in [4.69, 9.17) is 5.73 Å². The standard InChI is InChI=1S/C31H34N2O7/c1-13(2)22-20-11-16-10-19-18(15-4-3-14(9-15)12-33-17-5-6-17)7-8-21(34)24(19)27(36)23(16)28(37)31(20,40)29(38)25(26(22)35)30(32)39/h3-4,7-8,13,16-17,20,22-23,25,33-34,40H,5-6,9-12H2,1-2H3,(H2,32,39)/t16-,20-,22-,23?,25?,31-/m0/s1. The molecular formula is C31H34N2O7. The number of aromatic hydroxyl groups is 1. The first-order chi connectivity index (χ1) is 18.9. The first-order valence-corrected chi connectivity index (χ1v) is 14.1. The molecule has 1 aromatic rings. The van der Waals surface area contributed by atoms with E-state index in [9.17, 15) is 34.2 Å². The summed E-state index contributed by atoms with van der Waals surface area (Å²) < 4.78 is 0. The molecule has 0 radical (unpaired) electrons. The number of hydrogen-bond acceptors (Lipinski definition) is 8. The highest BCUT2D eigenvalue weighted by atomic mass is 16.3. The Morgan fingerprint density at radius 3 is 2.50 bits per heavy atom. The van der Waals surface area contributed by atoms with E-state index < -0.39 is 64.2 Å². The fourth-order valence-corrected chi connectivity index (χ4v) is 7.61. The van der Waals surface area contributed by atoms with Gasteiger partial charge in [-0.3, -0.25) is 24.0 Å². The molecule has 9 heteroatoms. The molecule has 1 amide bonds. The van der Waals surface area contributed by atoms with Gasteiger partial charge >= 0.3 is 0 Å². The van der Waals surface area contributed by atoms with Crippen molar-refractivity contribution in [3.8, 4) is 5.75 Å². The van der Waals surface area contributed by atoms with Crippen LogP contribution in [0.3, 0.4) is 0 Å². The number of Topliss-reactive ketones (excluding diaryl/α,β-unsaturated/α-hetero) is 4. The number of hydrogen-bond donors (Lipinski definition) is 4. The van der Waals surface area contributed by atoms with Crippen LogP contribution in [-0.2, 0) is 25.6 Å². The average molecular weight is 547 g/mol. The SMILES string of the molecule is CC(C)[C@@H]1C(=O)C(C(N)=O)C(=O)[C@@]2(O)C(=O)C3C(=O)c4c(O)ccc(C5=CC=C(CNC6CC6)C5)c4C[C@H]3C[C@@H]12. The number of carbonyl (C=O) groups excluding carboxylic acids is 5. The van der Waals surface area contributed by atoms with Crippen molar-refractivity contribution < 1.29 is 34.2 Å². The van der Waals surface area contributed by atoms with Gasteiger partial charge in [-0.25, -0.2) is 0 Å².